The Labute approximate surface area is 102 Å². The molecule has 0 saturated carbocycles. The zero-order valence-electron chi connectivity index (χ0n) is 9.31. The average Bonchev–Trinajstić information content (AvgIpc) is 2.78. The standard InChI is InChI=1S/C11H11N5O2/c12-7-3-1-6(2-4-7)11(18)15-10-8(9(13)17)5-14-16-10/h1-5H,12H2,(H2,13,17)(H2,14,15,16,18). The number of benzene rings is 1. The fourth-order valence-corrected chi connectivity index (χ4v) is 1.39. The van der Waals surface area contributed by atoms with Crippen molar-refractivity contribution in [3.05, 3.63) is 41.6 Å². The maximum atomic E-state index is 11.8. The van der Waals surface area contributed by atoms with Crippen LogP contribution in [0.1, 0.15) is 20.7 Å². The maximum absolute atomic E-state index is 11.8. The molecule has 0 aliphatic rings. The monoisotopic (exact) mass is 245 g/mol. The van der Waals surface area contributed by atoms with Gasteiger partial charge in [-0.15, -0.1) is 0 Å². The molecule has 0 aliphatic carbocycles. The molecule has 0 bridgehead atoms. The van der Waals surface area contributed by atoms with Gasteiger partial charge in [0.25, 0.3) is 11.8 Å². The van der Waals surface area contributed by atoms with E-state index in [2.05, 4.69) is 15.5 Å². The van der Waals surface area contributed by atoms with Gasteiger partial charge in [-0.2, -0.15) is 5.10 Å². The summed E-state index contributed by atoms with van der Waals surface area (Å²) in [5.74, 6) is -0.887. The highest BCUT2D eigenvalue weighted by Gasteiger charge is 2.14. The summed E-state index contributed by atoms with van der Waals surface area (Å²) in [6.07, 6.45) is 1.25. The van der Waals surface area contributed by atoms with Crippen LogP contribution in [0.2, 0.25) is 0 Å². The Morgan fingerprint density at radius 2 is 1.89 bits per heavy atom. The highest BCUT2D eigenvalue weighted by molar-refractivity contribution is 6.07. The van der Waals surface area contributed by atoms with Crippen LogP contribution in [-0.2, 0) is 0 Å². The van der Waals surface area contributed by atoms with Crippen LogP contribution < -0.4 is 16.8 Å². The van der Waals surface area contributed by atoms with Crippen molar-refractivity contribution in [3.63, 3.8) is 0 Å². The van der Waals surface area contributed by atoms with Gasteiger partial charge in [0.05, 0.1) is 6.20 Å². The van der Waals surface area contributed by atoms with Crippen LogP contribution in [-0.4, -0.2) is 22.0 Å². The fourth-order valence-electron chi connectivity index (χ4n) is 1.39. The Morgan fingerprint density at radius 1 is 1.22 bits per heavy atom. The Balaban J connectivity index is 2.19. The minimum atomic E-state index is -0.670. The molecule has 18 heavy (non-hydrogen) atoms. The summed E-state index contributed by atoms with van der Waals surface area (Å²) in [6, 6.07) is 6.36. The first-order chi connectivity index (χ1) is 8.58. The highest BCUT2D eigenvalue weighted by Crippen LogP contribution is 2.12. The Morgan fingerprint density at radius 3 is 2.50 bits per heavy atom. The number of rotatable bonds is 3. The summed E-state index contributed by atoms with van der Waals surface area (Å²) in [5.41, 5.74) is 11.7. The molecule has 0 saturated heterocycles. The number of nitrogens with two attached hydrogens (primary N) is 2. The van der Waals surface area contributed by atoms with E-state index < -0.39 is 5.91 Å². The Bertz CT molecular complexity index is 588. The summed E-state index contributed by atoms with van der Waals surface area (Å²) in [7, 11) is 0. The molecule has 0 radical (unpaired) electrons. The Hall–Kier alpha value is -2.83. The SMILES string of the molecule is NC(=O)c1cn[nH]c1NC(=O)c1ccc(N)cc1. The minimum Gasteiger partial charge on any atom is -0.399 e. The van der Waals surface area contributed by atoms with E-state index in [1.54, 1.807) is 24.3 Å². The molecule has 1 aromatic heterocycles. The number of carbonyl (C=O) groups excluding carboxylic acids is 2. The van der Waals surface area contributed by atoms with E-state index in [1.807, 2.05) is 0 Å². The third-order valence-electron chi connectivity index (χ3n) is 2.32. The van der Waals surface area contributed by atoms with E-state index >= 15 is 0 Å². The number of hydrogen-bond donors (Lipinski definition) is 4. The molecule has 7 heteroatoms. The van der Waals surface area contributed by atoms with Crippen molar-refractivity contribution in [2.24, 2.45) is 5.73 Å². The average molecular weight is 245 g/mol. The summed E-state index contributed by atoms with van der Waals surface area (Å²) in [4.78, 5) is 22.9. The number of nitrogens with one attached hydrogen (secondary N) is 2. The van der Waals surface area contributed by atoms with Gasteiger partial charge in [-0.3, -0.25) is 14.7 Å². The molecule has 0 aliphatic heterocycles. The van der Waals surface area contributed by atoms with Gasteiger partial charge in [-0.1, -0.05) is 0 Å². The number of hydrogen-bond acceptors (Lipinski definition) is 4. The molecular formula is C11H11N5O2. The smallest absolute Gasteiger partial charge is 0.256 e. The molecule has 0 spiro atoms. The van der Waals surface area contributed by atoms with Crippen molar-refractivity contribution in [1.29, 1.82) is 0 Å². The summed E-state index contributed by atoms with van der Waals surface area (Å²) >= 11 is 0. The number of carbonyl (C=O) groups is 2. The molecule has 2 amide bonds. The van der Waals surface area contributed by atoms with Gasteiger partial charge < -0.3 is 16.8 Å². The molecule has 2 rings (SSSR count). The van der Waals surface area contributed by atoms with Gasteiger partial charge in [0.2, 0.25) is 0 Å². The minimum absolute atomic E-state index is 0.124. The second-order valence-electron chi connectivity index (χ2n) is 3.60. The van der Waals surface area contributed by atoms with Gasteiger partial charge in [0.1, 0.15) is 11.4 Å². The third kappa shape index (κ3) is 2.29. The van der Waals surface area contributed by atoms with Crippen LogP contribution in [0.5, 0.6) is 0 Å². The molecular weight excluding hydrogens is 234 g/mol. The van der Waals surface area contributed by atoms with E-state index in [0.29, 0.717) is 11.3 Å². The third-order valence-corrected chi connectivity index (χ3v) is 2.32. The van der Waals surface area contributed by atoms with Crippen LogP contribution in [0.15, 0.2) is 30.5 Å². The maximum Gasteiger partial charge on any atom is 0.256 e. The normalized spacial score (nSPS) is 10.0. The van der Waals surface area contributed by atoms with Crippen LogP contribution in [0.25, 0.3) is 0 Å². The van der Waals surface area contributed by atoms with Crippen molar-refractivity contribution in [2.75, 3.05) is 11.1 Å². The molecule has 6 N–H and O–H groups in total. The van der Waals surface area contributed by atoms with Gasteiger partial charge in [0.15, 0.2) is 0 Å². The predicted octanol–water partition coefficient (Wildman–Crippen LogP) is 0.343. The predicted molar refractivity (Wildman–Crippen MR) is 65.9 cm³/mol. The number of primary amides is 1. The molecule has 2 aromatic rings. The lowest BCUT2D eigenvalue weighted by Gasteiger charge is -2.04. The lowest BCUT2D eigenvalue weighted by atomic mass is 10.2. The molecule has 92 valence electrons. The quantitative estimate of drug-likeness (QED) is 0.581. The van der Waals surface area contributed by atoms with Crippen molar-refractivity contribution in [1.82, 2.24) is 10.2 Å². The van der Waals surface area contributed by atoms with E-state index in [-0.39, 0.29) is 17.3 Å². The zero-order chi connectivity index (χ0) is 13.1. The largest absolute Gasteiger partial charge is 0.399 e. The Kier molecular flexibility index (Phi) is 2.96. The van der Waals surface area contributed by atoms with Crippen LogP contribution in [0.4, 0.5) is 11.5 Å². The van der Waals surface area contributed by atoms with E-state index in [9.17, 15) is 9.59 Å². The topological polar surface area (TPSA) is 127 Å². The lowest BCUT2D eigenvalue weighted by Crippen LogP contribution is -2.17. The zero-order valence-corrected chi connectivity index (χ0v) is 9.31. The number of aromatic amines is 1. The first kappa shape index (κ1) is 11.6. The summed E-state index contributed by atoms with van der Waals surface area (Å²) < 4.78 is 0. The molecule has 1 aromatic carbocycles. The number of amides is 2. The number of aromatic nitrogens is 2. The van der Waals surface area contributed by atoms with Crippen molar-refractivity contribution in [3.8, 4) is 0 Å². The molecule has 1 heterocycles. The molecule has 7 nitrogen and oxygen atoms in total. The first-order valence-corrected chi connectivity index (χ1v) is 5.08. The van der Waals surface area contributed by atoms with Crippen molar-refractivity contribution < 1.29 is 9.59 Å². The number of H-pyrrole nitrogens is 1. The van der Waals surface area contributed by atoms with E-state index in [1.165, 1.54) is 6.20 Å². The van der Waals surface area contributed by atoms with Crippen molar-refractivity contribution in [2.45, 2.75) is 0 Å². The number of anilines is 2. The molecule has 0 unspecified atom stereocenters. The fraction of sp³-hybridized carbons (Fsp3) is 0. The molecule has 0 fully saturated rings. The van der Waals surface area contributed by atoms with E-state index in [0.717, 1.165) is 0 Å². The lowest BCUT2D eigenvalue weighted by molar-refractivity contribution is 0.100. The van der Waals surface area contributed by atoms with Gasteiger partial charge >= 0.3 is 0 Å². The number of nitrogen functional groups attached to an aromatic ring is 1. The van der Waals surface area contributed by atoms with Gasteiger partial charge in [-0.25, -0.2) is 0 Å². The number of nitrogens with zero attached hydrogens (tertiary/aromatic N) is 1. The van der Waals surface area contributed by atoms with E-state index in [4.69, 9.17) is 11.5 Å². The van der Waals surface area contributed by atoms with Gasteiger partial charge in [-0.05, 0) is 24.3 Å². The second-order valence-corrected chi connectivity index (χ2v) is 3.60. The van der Waals surface area contributed by atoms with Crippen LogP contribution in [0.3, 0.4) is 0 Å². The van der Waals surface area contributed by atoms with Crippen LogP contribution in [0, 0.1) is 0 Å². The van der Waals surface area contributed by atoms with Gasteiger partial charge in [0, 0.05) is 11.3 Å². The van der Waals surface area contributed by atoms with Crippen molar-refractivity contribution >= 4 is 23.3 Å². The van der Waals surface area contributed by atoms with Crippen LogP contribution >= 0.6 is 0 Å². The second kappa shape index (κ2) is 4.58. The summed E-state index contributed by atoms with van der Waals surface area (Å²) in [6.45, 7) is 0. The highest BCUT2D eigenvalue weighted by atomic mass is 16.2. The first-order valence-electron chi connectivity index (χ1n) is 5.08. The summed E-state index contributed by atoms with van der Waals surface area (Å²) in [5, 5.41) is 8.64. The molecule has 0 atom stereocenters.